The van der Waals surface area contributed by atoms with Gasteiger partial charge in [0.15, 0.2) is 0 Å². The average Bonchev–Trinajstić information content (AvgIpc) is 2.42. The third-order valence-corrected chi connectivity index (χ3v) is 3.19. The van der Waals surface area contributed by atoms with Gasteiger partial charge in [-0.3, -0.25) is 0 Å². The zero-order chi connectivity index (χ0) is 14.3. The molecule has 3 N–H and O–H groups in total. The second-order valence-electron chi connectivity index (χ2n) is 4.58. The molecule has 1 rings (SSSR count). The Kier molecular flexibility index (Phi) is 6.32. The van der Waals surface area contributed by atoms with Crippen molar-refractivity contribution in [3.8, 4) is 0 Å². The van der Waals surface area contributed by atoms with E-state index in [2.05, 4.69) is 0 Å². The van der Waals surface area contributed by atoms with Gasteiger partial charge < -0.3 is 20.2 Å². The largest absolute Gasteiger partial charge is 0.465 e. The zero-order valence-corrected chi connectivity index (χ0v) is 11.1. The van der Waals surface area contributed by atoms with E-state index in [0.29, 0.717) is 19.3 Å². The highest BCUT2D eigenvalue weighted by Crippen LogP contribution is 2.15. The molecule has 0 aliphatic rings. The first-order valence-corrected chi connectivity index (χ1v) is 6.35. The Hall–Kier alpha value is -1.59. The molecule has 1 aromatic carbocycles. The molecule has 19 heavy (non-hydrogen) atoms. The highest BCUT2D eigenvalue weighted by molar-refractivity contribution is 5.65. The molecule has 1 unspecified atom stereocenters. The zero-order valence-electron chi connectivity index (χ0n) is 11.1. The molecule has 0 radical (unpaired) electrons. The topological polar surface area (TPSA) is 81.0 Å². The van der Waals surface area contributed by atoms with E-state index in [9.17, 15) is 9.90 Å². The third kappa shape index (κ3) is 4.89. The predicted octanol–water partition coefficient (Wildman–Crippen LogP) is 1.34. The van der Waals surface area contributed by atoms with Crippen molar-refractivity contribution in [1.29, 1.82) is 0 Å². The van der Waals surface area contributed by atoms with Crippen molar-refractivity contribution < 1.29 is 20.1 Å². The summed E-state index contributed by atoms with van der Waals surface area (Å²) >= 11 is 0. The maximum Gasteiger partial charge on any atom is 0.407 e. The second-order valence-corrected chi connectivity index (χ2v) is 4.58. The quantitative estimate of drug-likeness (QED) is 0.696. The fourth-order valence-electron chi connectivity index (χ4n) is 2.02. The highest BCUT2D eigenvalue weighted by atomic mass is 16.4. The molecule has 0 aliphatic carbocycles. The Balaban J connectivity index is 2.77. The first-order chi connectivity index (χ1) is 9.06. The fraction of sp³-hybridized carbons (Fsp3) is 0.500. The minimum Gasteiger partial charge on any atom is -0.465 e. The molecule has 0 bridgehead atoms. The van der Waals surface area contributed by atoms with Crippen LogP contribution < -0.4 is 0 Å². The van der Waals surface area contributed by atoms with Crippen molar-refractivity contribution in [3.63, 3.8) is 0 Å². The summed E-state index contributed by atoms with van der Waals surface area (Å²) in [7, 11) is 1.46. The number of aliphatic hydroxyl groups excluding tert-OH is 2. The molecular formula is C14H21NO4. The van der Waals surface area contributed by atoms with Gasteiger partial charge in [-0.1, -0.05) is 30.3 Å². The monoisotopic (exact) mass is 267 g/mol. The predicted molar refractivity (Wildman–Crippen MR) is 72.0 cm³/mol. The molecule has 0 heterocycles. The van der Waals surface area contributed by atoms with Crippen molar-refractivity contribution >= 4 is 6.09 Å². The number of hydrogen-bond acceptors (Lipinski definition) is 3. The van der Waals surface area contributed by atoms with Crippen LogP contribution in [-0.4, -0.2) is 52.1 Å². The molecule has 106 valence electrons. The van der Waals surface area contributed by atoms with Crippen LogP contribution in [0.15, 0.2) is 30.3 Å². The van der Waals surface area contributed by atoms with Gasteiger partial charge >= 0.3 is 6.09 Å². The molecule has 0 spiro atoms. The highest BCUT2D eigenvalue weighted by Gasteiger charge is 2.26. The Labute approximate surface area is 113 Å². The van der Waals surface area contributed by atoms with Crippen LogP contribution >= 0.6 is 0 Å². The number of carbonyl (C=O) groups is 1. The minimum absolute atomic E-state index is 0.00803. The lowest BCUT2D eigenvalue weighted by molar-refractivity contribution is 0.0508. The number of carboxylic acid groups (broad SMARTS) is 1. The summed E-state index contributed by atoms with van der Waals surface area (Å²) in [5, 5.41) is 28.0. The Morgan fingerprint density at radius 1 is 1.32 bits per heavy atom. The van der Waals surface area contributed by atoms with Gasteiger partial charge in [0.25, 0.3) is 0 Å². The molecule has 5 heteroatoms. The first kappa shape index (κ1) is 15.5. The molecule has 0 fully saturated rings. The third-order valence-electron chi connectivity index (χ3n) is 3.19. The van der Waals surface area contributed by atoms with Gasteiger partial charge in [-0.2, -0.15) is 0 Å². The first-order valence-electron chi connectivity index (χ1n) is 6.35. The number of benzene rings is 1. The fourth-order valence-corrected chi connectivity index (χ4v) is 2.02. The van der Waals surface area contributed by atoms with E-state index in [1.807, 2.05) is 30.3 Å². The lowest BCUT2D eigenvalue weighted by atomic mass is 9.97. The van der Waals surface area contributed by atoms with Crippen molar-refractivity contribution in [2.24, 2.45) is 0 Å². The molecule has 0 aromatic heterocycles. The van der Waals surface area contributed by atoms with Crippen molar-refractivity contribution in [2.45, 2.75) is 31.4 Å². The van der Waals surface area contributed by atoms with E-state index in [0.717, 1.165) is 10.5 Å². The molecule has 0 saturated carbocycles. The Morgan fingerprint density at radius 3 is 2.47 bits per heavy atom. The maximum atomic E-state index is 11.1. The average molecular weight is 267 g/mol. The van der Waals surface area contributed by atoms with Crippen molar-refractivity contribution in [1.82, 2.24) is 4.90 Å². The number of hydrogen-bond donors (Lipinski definition) is 3. The van der Waals surface area contributed by atoms with E-state index < -0.39 is 18.2 Å². The van der Waals surface area contributed by atoms with E-state index >= 15 is 0 Å². The van der Waals surface area contributed by atoms with Gasteiger partial charge in [-0.05, 0) is 24.8 Å². The van der Waals surface area contributed by atoms with Crippen LogP contribution in [0.1, 0.15) is 18.4 Å². The van der Waals surface area contributed by atoms with Crippen LogP contribution in [0.3, 0.4) is 0 Å². The SMILES string of the molecule is CN(C(=O)O)[C@H](Cc1ccccc1)C(O)CCCO. The minimum atomic E-state index is -1.07. The molecule has 2 atom stereocenters. The lowest BCUT2D eigenvalue weighted by Crippen LogP contribution is -2.45. The number of aliphatic hydroxyl groups is 2. The van der Waals surface area contributed by atoms with Gasteiger partial charge in [0.2, 0.25) is 0 Å². The second kappa shape index (κ2) is 7.76. The Bertz CT molecular complexity index is 382. The summed E-state index contributed by atoms with van der Waals surface area (Å²) in [6.07, 6.45) is -0.556. The summed E-state index contributed by atoms with van der Waals surface area (Å²) in [5.41, 5.74) is 0.976. The molecule has 5 nitrogen and oxygen atoms in total. The normalized spacial score (nSPS) is 13.8. The summed E-state index contributed by atoms with van der Waals surface area (Å²) < 4.78 is 0. The molecule has 1 aromatic rings. The van der Waals surface area contributed by atoms with Crippen LogP contribution in [0.2, 0.25) is 0 Å². The van der Waals surface area contributed by atoms with Crippen molar-refractivity contribution in [3.05, 3.63) is 35.9 Å². The Morgan fingerprint density at radius 2 is 1.95 bits per heavy atom. The molecule has 1 amide bonds. The summed E-state index contributed by atoms with van der Waals surface area (Å²) in [5.74, 6) is 0. The van der Waals surface area contributed by atoms with E-state index in [-0.39, 0.29) is 6.61 Å². The van der Waals surface area contributed by atoms with Crippen LogP contribution in [0.5, 0.6) is 0 Å². The van der Waals surface area contributed by atoms with Gasteiger partial charge in [0.1, 0.15) is 0 Å². The number of likely N-dealkylation sites (N-methyl/N-ethyl adjacent to an activating group) is 1. The molecule has 0 aliphatic heterocycles. The lowest BCUT2D eigenvalue weighted by Gasteiger charge is -2.30. The van der Waals surface area contributed by atoms with Gasteiger partial charge in [0, 0.05) is 13.7 Å². The van der Waals surface area contributed by atoms with Gasteiger partial charge in [0.05, 0.1) is 12.1 Å². The standard InChI is InChI=1S/C14H21NO4/c1-15(14(18)19)12(13(17)8-5-9-16)10-11-6-3-2-4-7-11/h2-4,6-7,12-13,16-17H,5,8-10H2,1H3,(H,18,19)/t12-,13?/m1/s1. The summed E-state index contributed by atoms with van der Waals surface area (Å²) in [6.45, 7) is -0.00803. The van der Waals surface area contributed by atoms with Crippen LogP contribution in [0.4, 0.5) is 4.79 Å². The van der Waals surface area contributed by atoms with E-state index in [4.69, 9.17) is 10.2 Å². The number of nitrogens with zero attached hydrogens (tertiary/aromatic N) is 1. The summed E-state index contributed by atoms with van der Waals surface area (Å²) in [4.78, 5) is 12.2. The summed E-state index contributed by atoms with van der Waals surface area (Å²) in [6, 6.07) is 8.96. The van der Waals surface area contributed by atoms with Crippen molar-refractivity contribution in [2.75, 3.05) is 13.7 Å². The number of amides is 1. The van der Waals surface area contributed by atoms with Crippen LogP contribution in [-0.2, 0) is 6.42 Å². The maximum absolute atomic E-state index is 11.1. The number of rotatable bonds is 7. The van der Waals surface area contributed by atoms with E-state index in [1.165, 1.54) is 7.05 Å². The smallest absolute Gasteiger partial charge is 0.407 e. The van der Waals surface area contributed by atoms with Crippen LogP contribution in [0, 0.1) is 0 Å². The molecule has 0 saturated heterocycles. The van der Waals surface area contributed by atoms with Crippen LogP contribution in [0.25, 0.3) is 0 Å². The van der Waals surface area contributed by atoms with Gasteiger partial charge in [-0.25, -0.2) is 4.79 Å². The van der Waals surface area contributed by atoms with E-state index in [1.54, 1.807) is 0 Å². The van der Waals surface area contributed by atoms with Gasteiger partial charge in [-0.15, -0.1) is 0 Å². The molecular weight excluding hydrogens is 246 g/mol.